The van der Waals surface area contributed by atoms with Gasteiger partial charge in [-0.3, -0.25) is 4.79 Å². The molecule has 7 nitrogen and oxygen atoms in total. The van der Waals surface area contributed by atoms with Crippen LogP contribution in [0.5, 0.6) is 0 Å². The molecule has 18 heavy (non-hydrogen) atoms. The van der Waals surface area contributed by atoms with E-state index < -0.39 is 12.1 Å². The molecular weight excluding hydrogens is 244 g/mol. The van der Waals surface area contributed by atoms with Gasteiger partial charge in [-0.05, 0) is 0 Å². The number of carboxylic acids is 1. The lowest BCUT2D eigenvalue weighted by molar-refractivity contribution is -0.134. The van der Waals surface area contributed by atoms with Crippen molar-refractivity contribution in [3.63, 3.8) is 0 Å². The first-order chi connectivity index (χ1) is 8.63. The fraction of sp³-hybridized carbons (Fsp3) is 0.909. The molecule has 0 atom stereocenters. The number of ether oxygens (including phenoxy) is 4. The highest BCUT2D eigenvalue weighted by Gasteiger charge is 2.04. The molecule has 1 rings (SSSR count). The molecule has 1 heterocycles. The SMILES string of the molecule is CC(=O)O.OC1COCCOCCOCCOC1. The van der Waals surface area contributed by atoms with E-state index in [4.69, 9.17) is 28.8 Å². The summed E-state index contributed by atoms with van der Waals surface area (Å²) in [6, 6.07) is 0. The quantitative estimate of drug-likeness (QED) is 0.611. The van der Waals surface area contributed by atoms with Gasteiger partial charge in [-0.1, -0.05) is 0 Å². The molecule has 0 aromatic heterocycles. The molecular formula is C11H22O7. The largest absolute Gasteiger partial charge is 0.481 e. The average Bonchev–Trinajstić information content (AvgIpc) is 2.31. The van der Waals surface area contributed by atoms with Crippen LogP contribution in [-0.4, -0.2) is 75.1 Å². The number of aliphatic hydroxyl groups is 1. The number of aliphatic carboxylic acids is 1. The van der Waals surface area contributed by atoms with E-state index in [1.54, 1.807) is 0 Å². The monoisotopic (exact) mass is 266 g/mol. The average molecular weight is 266 g/mol. The van der Waals surface area contributed by atoms with Crippen LogP contribution in [0.4, 0.5) is 0 Å². The Balaban J connectivity index is 0.000000631. The van der Waals surface area contributed by atoms with Gasteiger partial charge in [0.25, 0.3) is 5.97 Å². The Morgan fingerprint density at radius 1 is 0.889 bits per heavy atom. The third kappa shape index (κ3) is 15.3. The van der Waals surface area contributed by atoms with Crippen molar-refractivity contribution in [3.8, 4) is 0 Å². The van der Waals surface area contributed by atoms with E-state index in [-0.39, 0.29) is 0 Å². The fourth-order valence-electron chi connectivity index (χ4n) is 1.04. The van der Waals surface area contributed by atoms with Gasteiger partial charge in [0, 0.05) is 6.92 Å². The summed E-state index contributed by atoms with van der Waals surface area (Å²) in [6.45, 7) is 4.90. The van der Waals surface area contributed by atoms with E-state index in [9.17, 15) is 5.11 Å². The zero-order chi connectivity index (χ0) is 13.6. The molecule has 1 fully saturated rings. The number of hydrogen-bond donors (Lipinski definition) is 2. The second-order valence-electron chi connectivity index (χ2n) is 3.55. The minimum Gasteiger partial charge on any atom is -0.481 e. The van der Waals surface area contributed by atoms with Crippen LogP contribution in [0.3, 0.4) is 0 Å². The fourth-order valence-corrected chi connectivity index (χ4v) is 1.04. The first-order valence-electron chi connectivity index (χ1n) is 5.81. The van der Waals surface area contributed by atoms with Gasteiger partial charge in [-0.25, -0.2) is 0 Å². The smallest absolute Gasteiger partial charge is 0.300 e. The molecule has 0 radical (unpaired) electrons. The summed E-state index contributed by atoms with van der Waals surface area (Å²) in [5.74, 6) is -0.833. The van der Waals surface area contributed by atoms with Crippen LogP contribution >= 0.6 is 0 Å². The van der Waals surface area contributed by atoms with Crippen molar-refractivity contribution in [2.45, 2.75) is 13.0 Å². The van der Waals surface area contributed by atoms with Crippen LogP contribution in [0, 0.1) is 0 Å². The summed E-state index contributed by atoms with van der Waals surface area (Å²) in [6.07, 6.45) is -0.559. The molecule has 0 unspecified atom stereocenters. The Labute approximate surface area is 107 Å². The number of carboxylic acid groups (broad SMARTS) is 1. The zero-order valence-electron chi connectivity index (χ0n) is 10.7. The normalized spacial score (nSPS) is 20.6. The summed E-state index contributed by atoms with van der Waals surface area (Å²) < 4.78 is 20.7. The zero-order valence-corrected chi connectivity index (χ0v) is 10.7. The van der Waals surface area contributed by atoms with Crippen LogP contribution in [-0.2, 0) is 23.7 Å². The van der Waals surface area contributed by atoms with E-state index >= 15 is 0 Å². The van der Waals surface area contributed by atoms with E-state index in [2.05, 4.69) is 0 Å². The Bertz CT molecular complexity index is 180. The summed E-state index contributed by atoms with van der Waals surface area (Å²) >= 11 is 0. The molecule has 1 aliphatic rings. The van der Waals surface area contributed by atoms with Gasteiger partial charge in [0.15, 0.2) is 0 Å². The van der Waals surface area contributed by atoms with Crippen molar-refractivity contribution in [1.29, 1.82) is 0 Å². The van der Waals surface area contributed by atoms with Gasteiger partial charge in [-0.2, -0.15) is 0 Å². The minimum atomic E-state index is -0.833. The van der Waals surface area contributed by atoms with Gasteiger partial charge in [0.05, 0.1) is 52.9 Å². The molecule has 1 aliphatic heterocycles. The lowest BCUT2D eigenvalue weighted by Gasteiger charge is -2.10. The van der Waals surface area contributed by atoms with Crippen molar-refractivity contribution in [2.24, 2.45) is 0 Å². The lowest BCUT2D eigenvalue weighted by Crippen LogP contribution is -2.23. The van der Waals surface area contributed by atoms with Crippen LogP contribution < -0.4 is 0 Å². The molecule has 2 N–H and O–H groups in total. The van der Waals surface area contributed by atoms with Crippen LogP contribution in [0.25, 0.3) is 0 Å². The standard InChI is InChI=1S/C9H18O5.C2H4O2/c10-9-7-13-5-3-11-1-2-12-4-6-14-8-9;1-2(3)4/h9-10H,1-8H2;1H3,(H,3,4). The topological polar surface area (TPSA) is 94.5 Å². The highest BCUT2D eigenvalue weighted by atomic mass is 16.6. The van der Waals surface area contributed by atoms with Gasteiger partial charge in [0.2, 0.25) is 0 Å². The van der Waals surface area contributed by atoms with Gasteiger partial charge in [-0.15, -0.1) is 0 Å². The molecule has 0 saturated carbocycles. The molecule has 0 amide bonds. The number of hydrogen-bond acceptors (Lipinski definition) is 6. The van der Waals surface area contributed by atoms with Gasteiger partial charge < -0.3 is 29.2 Å². The van der Waals surface area contributed by atoms with Gasteiger partial charge in [0.1, 0.15) is 6.10 Å². The van der Waals surface area contributed by atoms with Crippen LogP contribution in [0.2, 0.25) is 0 Å². The minimum absolute atomic E-state index is 0.296. The lowest BCUT2D eigenvalue weighted by atomic mass is 10.4. The molecule has 108 valence electrons. The Kier molecular flexibility index (Phi) is 12.2. The first-order valence-corrected chi connectivity index (χ1v) is 5.81. The highest BCUT2D eigenvalue weighted by molar-refractivity contribution is 5.62. The maximum Gasteiger partial charge on any atom is 0.300 e. The second-order valence-corrected chi connectivity index (χ2v) is 3.55. The summed E-state index contributed by atoms with van der Waals surface area (Å²) in [5, 5.41) is 16.7. The highest BCUT2D eigenvalue weighted by Crippen LogP contribution is 1.90. The van der Waals surface area contributed by atoms with Crippen molar-refractivity contribution < 1.29 is 34.0 Å². The molecule has 0 aromatic rings. The van der Waals surface area contributed by atoms with E-state index in [0.29, 0.717) is 52.9 Å². The van der Waals surface area contributed by atoms with Crippen molar-refractivity contribution >= 4 is 5.97 Å². The number of carbonyl (C=O) groups is 1. The predicted octanol–water partition coefficient (Wildman–Crippen LogP) is -0.482. The molecule has 0 bridgehead atoms. The molecule has 1 saturated heterocycles. The number of aliphatic hydroxyl groups excluding tert-OH is 1. The third-order valence-corrected chi connectivity index (χ3v) is 1.74. The third-order valence-electron chi connectivity index (χ3n) is 1.74. The summed E-state index contributed by atoms with van der Waals surface area (Å²) in [7, 11) is 0. The Morgan fingerprint density at radius 2 is 1.17 bits per heavy atom. The Morgan fingerprint density at radius 3 is 1.50 bits per heavy atom. The maximum absolute atomic E-state index is 9.33. The number of rotatable bonds is 0. The van der Waals surface area contributed by atoms with Crippen LogP contribution in [0.1, 0.15) is 6.92 Å². The maximum atomic E-state index is 9.33. The summed E-state index contributed by atoms with van der Waals surface area (Å²) in [4.78, 5) is 9.00. The van der Waals surface area contributed by atoms with E-state index in [1.807, 2.05) is 0 Å². The van der Waals surface area contributed by atoms with Crippen molar-refractivity contribution in [3.05, 3.63) is 0 Å². The molecule has 0 aliphatic carbocycles. The Hall–Kier alpha value is -0.730. The summed E-state index contributed by atoms with van der Waals surface area (Å²) in [5.41, 5.74) is 0. The second kappa shape index (κ2) is 12.7. The molecule has 0 aromatic carbocycles. The first kappa shape index (κ1) is 17.3. The van der Waals surface area contributed by atoms with Crippen molar-refractivity contribution in [2.75, 3.05) is 52.9 Å². The molecule has 7 heteroatoms. The van der Waals surface area contributed by atoms with Crippen molar-refractivity contribution in [1.82, 2.24) is 0 Å². The van der Waals surface area contributed by atoms with Gasteiger partial charge >= 0.3 is 0 Å². The van der Waals surface area contributed by atoms with E-state index in [0.717, 1.165) is 6.92 Å². The van der Waals surface area contributed by atoms with Crippen LogP contribution in [0.15, 0.2) is 0 Å². The van der Waals surface area contributed by atoms with E-state index in [1.165, 1.54) is 0 Å². The predicted molar refractivity (Wildman–Crippen MR) is 62.6 cm³/mol. The molecule has 0 spiro atoms.